The number of benzene rings is 1. The molecule has 1 N–H and O–H groups in total. The number of hydrogen-bond acceptors (Lipinski definition) is 4. The Kier molecular flexibility index (Phi) is 8.76. The van der Waals surface area contributed by atoms with Crippen LogP contribution in [0.25, 0.3) is 0 Å². The Balaban J connectivity index is 1.45. The maximum atomic E-state index is 12.0. The number of nitrogens with zero attached hydrogens (tertiary/aromatic N) is 2. The van der Waals surface area contributed by atoms with Crippen LogP contribution in [0.15, 0.2) is 12.1 Å². The van der Waals surface area contributed by atoms with Crippen molar-refractivity contribution in [3.63, 3.8) is 0 Å². The summed E-state index contributed by atoms with van der Waals surface area (Å²) in [6.45, 7) is 13.0. The lowest BCUT2D eigenvalue weighted by molar-refractivity contribution is -0.153. The van der Waals surface area contributed by atoms with E-state index in [1.165, 1.54) is 0 Å². The van der Waals surface area contributed by atoms with Gasteiger partial charge in [-0.05, 0) is 83.0 Å². The zero-order chi connectivity index (χ0) is 23.5. The fourth-order valence-electron chi connectivity index (χ4n) is 5.27. The van der Waals surface area contributed by atoms with E-state index < -0.39 is 11.5 Å². The van der Waals surface area contributed by atoms with Crippen LogP contribution in [-0.2, 0) is 4.79 Å². The number of carboxylic acid groups (broad SMARTS) is 1. The molecule has 2 heterocycles. The van der Waals surface area contributed by atoms with Crippen LogP contribution in [0, 0.1) is 18.8 Å². The number of halogens is 2. The van der Waals surface area contributed by atoms with Gasteiger partial charge in [-0.25, -0.2) is 0 Å². The van der Waals surface area contributed by atoms with E-state index in [0.717, 1.165) is 69.7 Å². The molecule has 2 aliphatic heterocycles. The molecular formula is C25H38Cl2N2O3. The summed E-state index contributed by atoms with van der Waals surface area (Å²) >= 11 is 12.3. The summed E-state index contributed by atoms with van der Waals surface area (Å²) in [7, 11) is 0. The molecule has 32 heavy (non-hydrogen) atoms. The van der Waals surface area contributed by atoms with E-state index in [1.807, 2.05) is 19.9 Å². The first-order valence-corrected chi connectivity index (χ1v) is 12.7. The molecule has 0 spiro atoms. The largest absolute Gasteiger partial charge is 0.490 e. The first-order valence-electron chi connectivity index (χ1n) is 11.9. The van der Waals surface area contributed by atoms with Crippen LogP contribution in [0.3, 0.4) is 0 Å². The van der Waals surface area contributed by atoms with Crippen LogP contribution < -0.4 is 4.74 Å². The lowest BCUT2D eigenvalue weighted by Gasteiger charge is -2.44. The highest BCUT2D eigenvalue weighted by Crippen LogP contribution is 2.34. The Bertz CT molecular complexity index is 788. The second-order valence-corrected chi connectivity index (χ2v) is 11.0. The SMILES string of the molecule is Cc1c(OC2CCN(CC3CCN(C(C)(CC(C)C)C(=O)O)CC3)CC2)ccc(Cl)c1Cl. The van der Waals surface area contributed by atoms with Crippen molar-refractivity contribution in [2.75, 3.05) is 32.7 Å². The van der Waals surface area contributed by atoms with Gasteiger partial charge in [0.2, 0.25) is 0 Å². The number of ether oxygens (including phenoxy) is 1. The first-order chi connectivity index (χ1) is 15.1. The van der Waals surface area contributed by atoms with Gasteiger partial charge in [-0.1, -0.05) is 37.0 Å². The lowest BCUT2D eigenvalue weighted by atomic mass is 9.85. The Labute approximate surface area is 203 Å². The Morgan fingerprint density at radius 3 is 2.34 bits per heavy atom. The molecule has 1 aromatic carbocycles. The summed E-state index contributed by atoms with van der Waals surface area (Å²) in [6, 6.07) is 3.71. The number of aliphatic carboxylic acids is 1. The fraction of sp³-hybridized carbons (Fsp3) is 0.720. The van der Waals surface area contributed by atoms with E-state index in [9.17, 15) is 9.90 Å². The third-order valence-corrected chi connectivity index (χ3v) is 8.11. The normalized spacial score (nSPS) is 21.6. The molecule has 0 bridgehead atoms. The molecule has 0 saturated carbocycles. The molecule has 2 saturated heterocycles. The van der Waals surface area contributed by atoms with Gasteiger partial charge in [-0.3, -0.25) is 9.69 Å². The number of likely N-dealkylation sites (tertiary alicyclic amines) is 2. The standard InChI is InChI=1S/C25H38Cl2N2O3/c1-17(2)15-25(4,24(30)31)29-13-7-19(8-14-29)16-28-11-9-20(10-12-28)32-22-6-5-21(26)23(27)18(22)3/h5-6,17,19-20H,7-16H2,1-4H3,(H,30,31). The predicted molar refractivity (Wildman–Crippen MR) is 131 cm³/mol. The number of carbonyl (C=O) groups is 1. The maximum Gasteiger partial charge on any atom is 0.323 e. The molecule has 0 radical (unpaired) electrons. The summed E-state index contributed by atoms with van der Waals surface area (Å²) in [5.74, 6) is 1.14. The van der Waals surface area contributed by atoms with Crippen molar-refractivity contribution in [3.8, 4) is 5.75 Å². The average Bonchev–Trinajstić information content (AvgIpc) is 2.75. The zero-order valence-corrected chi connectivity index (χ0v) is 21.4. The molecule has 180 valence electrons. The highest BCUT2D eigenvalue weighted by atomic mass is 35.5. The second-order valence-electron chi connectivity index (χ2n) is 10.2. The molecule has 0 aromatic heterocycles. The number of hydrogen-bond donors (Lipinski definition) is 1. The minimum Gasteiger partial charge on any atom is -0.490 e. The van der Waals surface area contributed by atoms with Crippen molar-refractivity contribution < 1.29 is 14.6 Å². The van der Waals surface area contributed by atoms with E-state index in [1.54, 1.807) is 6.07 Å². The molecule has 1 unspecified atom stereocenters. The van der Waals surface area contributed by atoms with Crippen molar-refractivity contribution in [1.82, 2.24) is 9.80 Å². The predicted octanol–water partition coefficient (Wildman–Crippen LogP) is 5.75. The van der Waals surface area contributed by atoms with Gasteiger partial charge in [0.25, 0.3) is 0 Å². The van der Waals surface area contributed by atoms with Crippen molar-refractivity contribution in [3.05, 3.63) is 27.7 Å². The first kappa shape index (κ1) is 25.6. The quantitative estimate of drug-likeness (QED) is 0.509. The molecule has 7 heteroatoms. The molecule has 1 aromatic rings. The summed E-state index contributed by atoms with van der Waals surface area (Å²) < 4.78 is 6.23. The Morgan fingerprint density at radius 2 is 1.78 bits per heavy atom. The summed E-state index contributed by atoms with van der Waals surface area (Å²) in [4.78, 5) is 16.7. The highest BCUT2D eigenvalue weighted by molar-refractivity contribution is 6.42. The van der Waals surface area contributed by atoms with Crippen LogP contribution in [-0.4, -0.2) is 65.2 Å². The Hall–Kier alpha value is -1.01. The Morgan fingerprint density at radius 1 is 1.16 bits per heavy atom. The van der Waals surface area contributed by atoms with E-state index in [-0.39, 0.29) is 6.10 Å². The fourth-order valence-corrected chi connectivity index (χ4v) is 5.63. The van der Waals surface area contributed by atoms with Gasteiger partial charge >= 0.3 is 5.97 Å². The van der Waals surface area contributed by atoms with E-state index in [2.05, 4.69) is 23.6 Å². The van der Waals surface area contributed by atoms with E-state index >= 15 is 0 Å². The summed E-state index contributed by atoms with van der Waals surface area (Å²) in [5, 5.41) is 11.0. The van der Waals surface area contributed by atoms with Gasteiger partial charge in [0.05, 0.1) is 10.0 Å². The zero-order valence-electron chi connectivity index (χ0n) is 19.9. The monoisotopic (exact) mass is 484 g/mol. The molecular weight excluding hydrogens is 447 g/mol. The van der Waals surface area contributed by atoms with Crippen molar-refractivity contribution in [1.29, 1.82) is 0 Å². The van der Waals surface area contributed by atoms with Crippen LogP contribution in [0.4, 0.5) is 0 Å². The molecule has 3 rings (SSSR count). The van der Waals surface area contributed by atoms with Gasteiger partial charge in [-0.15, -0.1) is 0 Å². The van der Waals surface area contributed by atoms with Crippen LogP contribution in [0.1, 0.15) is 58.4 Å². The van der Waals surface area contributed by atoms with Crippen LogP contribution in [0.2, 0.25) is 10.0 Å². The van der Waals surface area contributed by atoms with E-state index in [0.29, 0.717) is 28.3 Å². The van der Waals surface area contributed by atoms with Crippen molar-refractivity contribution in [2.45, 2.75) is 71.4 Å². The van der Waals surface area contributed by atoms with Crippen molar-refractivity contribution >= 4 is 29.2 Å². The van der Waals surface area contributed by atoms with Crippen LogP contribution >= 0.6 is 23.2 Å². The topological polar surface area (TPSA) is 53.0 Å². The maximum absolute atomic E-state index is 12.0. The van der Waals surface area contributed by atoms with Gasteiger partial charge in [0.1, 0.15) is 17.4 Å². The third kappa shape index (κ3) is 6.11. The molecule has 1 atom stereocenters. The highest BCUT2D eigenvalue weighted by Gasteiger charge is 2.41. The van der Waals surface area contributed by atoms with Crippen LogP contribution in [0.5, 0.6) is 5.75 Å². The second kappa shape index (κ2) is 10.9. The van der Waals surface area contributed by atoms with Gasteiger partial charge in [0.15, 0.2) is 0 Å². The number of rotatable bonds is 8. The van der Waals surface area contributed by atoms with E-state index in [4.69, 9.17) is 27.9 Å². The molecule has 0 amide bonds. The summed E-state index contributed by atoms with van der Waals surface area (Å²) in [5.41, 5.74) is 0.150. The van der Waals surface area contributed by atoms with Gasteiger partial charge in [-0.2, -0.15) is 0 Å². The van der Waals surface area contributed by atoms with Gasteiger partial charge < -0.3 is 14.7 Å². The smallest absolute Gasteiger partial charge is 0.323 e. The molecule has 2 aliphatic rings. The minimum absolute atomic E-state index is 0.205. The summed E-state index contributed by atoms with van der Waals surface area (Å²) in [6.07, 6.45) is 5.04. The number of piperidine rings is 2. The molecule has 0 aliphatic carbocycles. The number of carboxylic acids is 1. The van der Waals surface area contributed by atoms with Crippen molar-refractivity contribution in [2.24, 2.45) is 11.8 Å². The molecule has 2 fully saturated rings. The minimum atomic E-state index is -0.752. The van der Waals surface area contributed by atoms with Gasteiger partial charge in [0, 0.05) is 25.2 Å². The molecule has 5 nitrogen and oxygen atoms in total. The third-order valence-electron chi connectivity index (χ3n) is 7.21. The lowest BCUT2D eigenvalue weighted by Crippen LogP contribution is -2.56. The average molecular weight is 485 g/mol.